The van der Waals surface area contributed by atoms with Crippen LogP contribution in [0.25, 0.3) is 0 Å². The normalized spacial score (nSPS) is 13.8. The van der Waals surface area contributed by atoms with Gasteiger partial charge in [0, 0.05) is 25.0 Å². The first kappa shape index (κ1) is 10.1. The Morgan fingerprint density at radius 3 is 2.82 bits per heavy atom. The molecular formula is C14H15N3. The average Bonchev–Trinajstić information content (AvgIpc) is 2.75. The number of pyridine rings is 1. The lowest BCUT2D eigenvalue weighted by Gasteiger charge is -2.18. The molecule has 2 N–H and O–H groups in total. The van der Waals surface area contributed by atoms with Gasteiger partial charge < -0.3 is 10.6 Å². The topological polar surface area (TPSA) is 42.2 Å². The summed E-state index contributed by atoms with van der Waals surface area (Å²) in [5.41, 5.74) is 10.7. The van der Waals surface area contributed by atoms with Crippen molar-refractivity contribution in [3.05, 3.63) is 53.2 Å². The van der Waals surface area contributed by atoms with Crippen LogP contribution >= 0.6 is 0 Å². The molecule has 1 aromatic heterocycles. The molecule has 0 amide bonds. The van der Waals surface area contributed by atoms with Crippen molar-refractivity contribution in [1.29, 1.82) is 0 Å². The van der Waals surface area contributed by atoms with E-state index < -0.39 is 0 Å². The Kier molecular flexibility index (Phi) is 2.25. The molecule has 0 atom stereocenters. The summed E-state index contributed by atoms with van der Waals surface area (Å²) in [6, 6.07) is 10.2. The van der Waals surface area contributed by atoms with Crippen molar-refractivity contribution in [2.45, 2.75) is 20.0 Å². The van der Waals surface area contributed by atoms with Crippen LogP contribution in [0.5, 0.6) is 0 Å². The fourth-order valence-electron chi connectivity index (χ4n) is 2.41. The smallest absolute Gasteiger partial charge is 0.132 e. The highest BCUT2D eigenvalue weighted by atomic mass is 15.2. The second-order valence-corrected chi connectivity index (χ2v) is 4.48. The van der Waals surface area contributed by atoms with Gasteiger partial charge in [-0.15, -0.1) is 0 Å². The second-order valence-electron chi connectivity index (χ2n) is 4.48. The fraction of sp³-hybridized carbons (Fsp3) is 0.214. The first-order valence-corrected chi connectivity index (χ1v) is 5.78. The van der Waals surface area contributed by atoms with E-state index in [1.807, 2.05) is 24.4 Å². The summed E-state index contributed by atoms with van der Waals surface area (Å²) in [7, 11) is 0. The molecule has 2 aromatic rings. The van der Waals surface area contributed by atoms with E-state index in [1.54, 1.807) is 0 Å². The number of nitrogens with zero attached hydrogens (tertiary/aromatic N) is 2. The number of benzene rings is 1. The minimum atomic E-state index is 0.861. The Labute approximate surface area is 101 Å². The first-order valence-electron chi connectivity index (χ1n) is 5.78. The molecule has 86 valence electrons. The quantitative estimate of drug-likeness (QED) is 0.758. The van der Waals surface area contributed by atoms with Gasteiger partial charge in [-0.3, -0.25) is 0 Å². The molecule has 3 heteroatoms. The Bertz CT molecular complexity index is 563. The summed E-state index contributed by atoms with van der Waals surface area (Å²) in [4.78, 5) is 6.73. The van der Waals surface area contributed by atoms with Gasteiger partial charge in [-0.25, -0.2) is 4.98 Å². The summed E-state index contributed by atoms with van der Waals surface area (Å²) in [6.07, 6.45) is 1.84. The number of hydrogen-bond donors (Lipinski definition) is 1. The maximum Gasteiger partial charge on any atom is 0.132 e. The molecule has 0 saturated heterocycles. The number of rotatable bonds is 1. The highest BCUT2D eigenvalue weighted by molar-refractivity contribution is 5.59. The molecule has 1 aromatic carbocycles. The predicted molar refractivity (Wildman–Crippen MR) is 69.7 cm³/mol. The fourth-order valence-corrected chi connectivity index (χ4v) is 2.41. The molecule has 0 saturated carbocycles. The lowest BCUT2D eigenvalue weighted by molar-refractivity contribution is 0.851. The first-order chi connectivity index (χ1) is 8.25. The van der Waals surface area contributed by atoms with E-state index in [2.05, 4.69) is 28.9 Å². The van der Waals surface area contributed by atoms with Gasteiger partial charge in [0.2, 0.25) is 0 Å². The standard InChI is InChI=1S/C14H15N3/c1-10-4-3-7-16-14(10)17-8-11-5-2-6-13(15)12(11)9-17/h2-7H,8-9,15H2,1H3. The molecule has 0 spiro atoms. The van der Waals surface area contributed by atoms with Crippen LogP contribution in [-0.4, -0.2) is 4.98 Å². The van der Waals surface area contributed by atoms with Crippen LogP contribution in [0, 0.1) is 6.92 Å². The van der Waals surface area contributed by atoms with E-state index in [-0.39, 0.29) is 0 Å². The number of nitrogen functional groups attached to an aromatic ring is 1. The van der Waals surface area contributed by atoms with E-state index in [1.165, 1.54) is 16.7 Å². The van der Waals surface area contributed by atoms with E-state index in [9.17, 15) is 0 Å². The van der Waals surface area contributed by atoms with E-state index in [4.69, 9.17) is 5.73 Å². The third kappa shape index (κ3) is 1.64. The zero-order valence-electron chi connectivity index (χ0n) is 9.85. The lowest BCUT2D eigenvalue weighted by Crippen LogP contribution is -2.17. The summed E-state index contributed by atoms with van der Waals surface area (Å²) < 4.78 is 0. The maximum absolute atomic E-state index is 6.00. The molecule has 1 aliphatic heterocycles. The van der Waals surface area contributed by atoms with Crippen LogP contribution < -0.4 is 10.6 Å². The highest BCUT2D eigenvalue weighted by Gasteiger charge is 2.22. The molecule has 0 bridgehead atoms. The molecular weight excluding hydrogens is 210 g/mol. The van der Waals surface area contributed by atoms with E-state index >= 15 is 0 Å². The third-order valence-electron chi connectivity index (χ3n) is 3.30. The predicted octanol–water partition coefficient (Wildman–Crippen LogP) is 2.49. The molecule has 17 heavy (non-hydrogen) atoms. The van der Waals surface area contributed by atoms with Crippen LogP contribution in [-0.2, 0) is 13.1 Å². The molecule has 3 nitrogen and oxygen atoms in total. The average molecular weight is 225 g/mol. The van der Waals surface area contributed by atoms with Crippen LogP contribution in [0.4, 0.5) is 11.5 Å². The van der Waals surface area contributed by atoms with Crippen molar-refractivity contribution in [1.82, 2.24) is 4.98 Å². The van der Waals surface area contributed by atoms with Gasteiger partial charge in [-0.2, -0.15) is 0 Å². The van der Waals surface area contributed by atoms with Crippen molar-refractivity contribution in [3.63, 3.8) is 0 Å². The number of anilines is 2. The molecule has 0 fully saturated rings. The monoisotopic (exact) mass is 225 g/mol. The van der Waals surface area contributed by atoms with Crippen LogP contribution in [0.1, 0.15) is 16.7 Å². The highest BCUT2D eigenvalue weighted by Crippen LogP contribution is 2.31. The second kappa shape index (κ2) is 3.77. The summed E-state index contributed by atoms with van der Waals surface area (Å²) in [5, 5.41) is 0. The largest absolute Gasteiger partial charge is 0.398 e. The van der Waals surface area contributed by atoms with Crippen LogP contribution in [0.15, 0.2) is 36.5 Å². The minimum absolute atomic E-state index is 0.861. The van der Waals surface area contributed by atoms with Gasteiger partial charge in [0.05, 0.1) is 0 Å². The zero-order chi connectivity index (χ0) is 11.8. The number of fused-ring (bicyclic) bond motifs is 1. The van der Waals surface area contributed by atoms with Crippen molar-refractivity contribution < 1.29 is 0 Å². The molecule has 3 rings (SSSR count). The zero-order valence-corrected chi connectivity index (χ0v) is 9.85. The van der Waals surface area contributed by atoms with Gasteiger partial charge in [-0.1, -0.05) is 18.2 Å². The van der Waals surface area contributed by atoms with Crippen molar-refractivity contribution in [2.24, 2.45) is 0 Å². The van der Waals surface area contributed by atoms with Gasteiger partial charge in [0.1, 0.15) is 5.82 Å². The number of nitrogens with two attached hydrogens (primary N) is 1. The number of aryl methyl sites for hydroxylation is 1. The lowest BCUT2D eigenvalue weighted by atomic mass is 10.1. The Hall–Kier alpha value is -2.03. The van der Waals surface area contributed by atoms with Crippen LogP contribution in [0.2, 0.25) is 0 Å². The molecule has 0 radical (unpaired) electrons. The molecule has 0 unspecified atom stereocenters. The Morgan fingerprint density at radius 1 is 1.18 bits per heavy atom. The Morgan fingerprint density at radius 2 is 2.06 bits per heavy atom. The Balaban J connectivity index is 1.97. The van der Waals surface area contributed by atoms with E-state index in [0.717, 1.165) is 24.6 Å². The van der Waals surface area contributed by atoms with Gasteiger partial charge in [0.25, 0.3) is 0 Å². The van der Waals surface area contributed by atoms with Gasteiger partial charge in [0.15, 0.2) is 0 Å². The van der Waals surface area contributed by atoms with Crippen LogP contribution in [0.3, 0.4) is 0 Å². The summed E-state index contributed by atoms with van der Waals surface area (Å²) in [6.45, 7) is 3.85. The molecule has 2 heterocycles. The van der Waals surface area contributed by atoms with E-state index in [0.29, 0.717) is 0 Å². The summed E-state index contributed by atoms with van der Waals surface area (Å²) >= 11 is 0. The maximum atomic E-state index is 6.00. The minimum Gasteiger partial charge on any atom is -0.398 e. The van der Waals surface area contributed by atoms with Crippen molar-refractivity contribution in [3.8, 4) is 0 Å². The van der Waals surface area contributed by atoms with Gasteiger partial charge in [-0.05, 0) is 35.7 Å². The summed E-state index contributed by atoms with van der Waals surface area (Å²) in [5.74, 6) is 1.06. The molecule has 1 aliphatic rings. The number of hydrogen-bond acceptors (Lipinski definition) is 3. The molecule has 0 aliphatic carbocycles. The third-order valence-corrected chi connectivity index (χ3v) is 3.30. The van der Waals surface area contributed by atoms with Crippen molar-refractivity contribution in [2.75, 3.05) is 10.6 Å². The number of aromatic nitrogens is 1. The van der Waals surface area contributed by atoms with Gasteiger partial charge >= 0.3 is 0 Å². The van der Waals surface area contributed by atoms with Crippen molar-refractivity contribution >= 4 is 11.5 Å². The SMILES string of the molecule is Cc1cccnc1N1Cc2cccc(N)c2C1.